The lowest BCUT2D eigenvalue weighted by atomic mass is 10.1. The molecule has 0 N–H and O–H groups in total. The van der Waals surface area contributed by atoms with Crippen molar-refractivity contribution < 1.29 is 0 Å². The van der Waals surface area contributed by atoms with Crippen LogP contribution in [0.2, 0.25) is 6.04 Å². The van der Waals surface area contributed by atoms with E-state index in [1.54, 1.807) is 0 Å². The van der Waals surface area contributed by atoms with Crippen molar-refractivity contribution in [1.29, 1.82) is 0 Å². The summed E-state index contributed by atoms with van der Waals surface area (Å²) in [5.41, 5.74) is 0. The first-order chi connectivity index (χ1) is 6.77. The lowest BCUT2D eigenvalue weighted by Crippen LogP contribution is -2.16. The van der Waals surface area contributed by atoms with Crippen molar-refractivity contribution in [2.45, 2.75) is 64.3 Å². The molecular weight excluding hydrogens is 186 g/mol. The molecule has 0 aromatic carbocycles. The summed E-state index contributed by atoms with van der Waals surface area (Å²) in [5, 5.41) is 0. The van der Waals surface area contributed by atoms with Gasteiger partial charge in [0, 0.05) is 0 Å². The zero-order valence-electron chi connectivity index (χ0n) is 10.5. The Kier molecular flexibility index (Phi) is 11.4. The van der Waals surface area contributed by atoms with Crippen LogP contribution in [0.25, 0.3) is 0 Å². The molecule has 0 spiro atoms. The molecule has 0 aliphatic rings. The van der Waals surface area contributed by atoms with Gasteiger partial charge >= 0.3 is 0 Å². The molecule has 0 bridgehead atoms. The number of nitrogens with zero attached hydrogens (tertiary/aromatic N) is 1. The summed E-state index contributed by atoms with van der Waals surface area (Å²) in [6, 6.07) is 1.52. The summed E-state index contributed by atoms with van der Waals surface area (Å²) in [7, 11) is 4.57. The van der Waals surface area contributed by atoms with E-state index >= 15 is 0 Å². The average Bonchev–Trinajstić information content (AvgIpc) is 2.15. The van der Waals surface area contributed by atoms with Crippen LogP contribution in [0.5, 0.6) is 0 Å². The Morgan fingerprint density at radius 1 is 0.786 bits per heavy atom. The average molecular weight is 215 g/mol. The molecule has 0 unspecified atom stereocenters. The molecule has 0 aromatic heterocycles. The molecule has 0 saturated heterocycles. The van der Waals surface area contributed by atoms with Crippen LogP contribution in [0.1, 0.15) is 58.3 Å². The van der Waals surface area contributed by atoms with Crippen LogP contribution in [0.4, 0.5) is 0 Å². The van der Waals surface area contributed by atoms with Gasteiger partial charge in [0.05, 0.1) is 9.68 Å². The highest BCUT2D eigenvalue weighted by atomic mass is 28.2. The second-order valence-corrected chi connectivity index (χ2v) is 7.05. The van der Waals surface area contributed by atoms with Crippen molar-refractivity contribution in [3.8, 4) is 0 Å². The molecule has 0 saturated carbocycles. The van der Waals surface area contributed by atoms with Crippen LogP contribution in [0, 0.1) is 0 Å². The molecule has 0 radical (unpaired) electrons. The summed E-state index contributed by atoms with van der Waals surface area (Å²) in [4.78, 5) is 0. The van der Waals surface area contributed by atoms with E-state index in [4.69, 9.17) is 0 Å². The van der Waals surface area contributed by atoms with Crippen LogP contribution in [-0.4, -0.2) is 28.3 Å². The van der Waals surface area contributed by atoms with E-state index < -0.39 is 0 Å². The fourth-order valence-corrected chi connectivity index (χ4v) is 2.95. The molecule has 0 amide bonds. The Balaban J connectivity index is 2.85. The minimum atomic E-state index is 0.132. The Labute approximate surface area is 93.2 Å². The largest absolute Gasteiger partial charge is 0.334 e. The molecule has 0 aromatic rings. The first-order valence-electron chi connectivity index (χ1n) is 6.42. The topological polar surface area (TPSA) is 3.24 Å². The van der Waals surface area contributed by atoms with Gasteiger partial charge in [0.15, 0.2) is 0 Å². The lowest BCUT2D eigenvalue weighted by molar-refractivity contribution is 0.580. The molecule has 0 fully saturated rings. The number of hydrogen-bond donors (Lipinski definition) is 0. The SMILES string of the molecule is CCCCCCCCCC[SiH2]N(C)C. The minimum absolute atomic E-state index is 0.132. The maximum Gasteiger partial charge on any atom is 0.0943 e. The summed E-state index contributed by atoms with van der Waals surface area (Å²) >= 11 is 0. The lowest BCUT2D eigenvalue weighted by Gasteiger charge is -2.07. The summed E-state index contributed by atoms with van der Waals surface area (Å²) in [5.74, 6) is 0. The van der Waals surface area contributed by atoms with E-state index in [0.29, 0.717) is 0 Å². The van der Waals surface area contributed by atoms with Gasteiger partial charge in [-0.1, -0.05) is 58.3 Å². The third-order valence-corrected chi connectivity index (χ3v) is 4.42. The summed E-state index contributed by atoms with van der Waals surface area (Å²) in [6.45, 7) is 2.28. The molecular formula is C12H29NSi. The maximum atomic E-state index is 2.42. The van der Waals surface area contributed by atoms with Crippen LogP contribution in [-0.2, 0) is 0 Å². The highest BCUT2D eigenvalue weighted by Crippen LogP contribution is 2.09. The highest BCUT2D eigenvalue weighted by Gasteiger charge is 1.93. The predicted molar refractivity (Wildman–Crippen MR) is 69.6 cm³/mol. The normalized spacial score (nSPS) is 12.0. The summed E-state index contributed by atoms with van der Waals surface area (Å²) < 4.78 is 2.42. The van der Waals surface area contributed by atoms with E-state index in [-0.39, 0.29) is 9.68 Å². The highest BCUT2D eigenvalue weighted by molar-refractivity contribution is 6.31. The molecule has 14 heavy (non-hydrogen) atoms. The third-order valence-electron chi connectivity index (χ3n) is 2.71. The third kappa shape index (κ3) is 12.2. The van der Waals surface area contributed by atoms with Gasteiger partial charge in [-0.3, -0.25) is 0 Å². The first kappa shape index (κ1) is 14.2. The van der Waals surface area contributed by atoms with E-state index in [2.05, 4.69) is 25.6 Å². The Hall–Kier alpha value is 0.177. The van der Waals surface area contributed by atoms with Crippen molar-refractivity contribution in [3.05, 3.63) is 0 Å². The number of hydrogen-bond acceptors (Lipinski definition) is 1. The van der Waals surface area contributed by atoms with E-state index in [1.807, 2.05) is 0 Å². The Bertz CT molecular complexity index is 104. The Morgan fingerprint density at radius 3 is 1.79 bits per heavy atom. The second kappa shape index (κ2) is 11.3. The minimum Gasteiger partial charge on any atom is -0.334 e. The quantitative estimate of drug-likeness (QED) is 0.400. The first-order valence-corrected chi connectivity index (χ1v) is 8.05. The zero-order valence-corrected chi connectivity index (χ0v) is 11.9. The van der Waals surface area contributed by atoms with Crippen molar-refractivity contribution in [2.75, 3.05) is 14.1 Å². The fraction of sp³-hybridized carbons (Fsp3) is 1.00. The molecule has 0 heterocycles. The smallest absolute Gasteiger partial charge is 0.0943 e. The number of rotatable bonds is 10. The molecule has 1 nitrogen and oxygen atoms in total. The van der Waals surface area contributed by atoms with Crippen LogP contribution in [0.15, 0.2) is 0 Å². The van der Waals surface area contributed by atoms with E-state index in [9.17, 15) is 0 Å². The van der Waals surface area contributed by atoms with Crippen molar-refractivity contribution in [1.82, 2.24) is 4.57 Å². The van der Waals surface area contributed by atoms with E-state index in [1.165, 1.54) is 57.4 Å². The van der Waals surface area contributed by atoms with Gasteiger partial charge in [-0.15, -0.1) is 0 Å². The predicted octanol–water partition coefficient (Wildman–Crippen LogP) is 3.19. The zero-order chi connectivity index (χ0) is 10.6. The monoisotopic (exact) mass is 215 g/mol. The molecule has 2 heteroatoms. The molecule has 86 valence electrons. The molecule has 0 aliphatic heterocycles. The van der Waals surface area contributed by atoms with Gasteiger partial charge in [-0.05, 0) is 20.1 Å². The Morgan fingerprint density at radius 2 is 1.29 bits per heavy atom. The molecule has 0 atom stereocenters. The van der Waals surface area contributed by atoms with Crippen molar-refractivity contribution >= 4 is 9.68 Å². The fourth-order valence-electron chi connectivity index (χ4n) is 1.74. The molecule has 0 rings (SSSR count). The number of unbranched alkanes of at least 4 members (excludes halogenated alkanes) is 7. The van der Waals surface area contributed by atoms with Gasteiger partial charge in [-0.25, -0.2) is 0 Å². The van der Waals surface area contributed by atoms with Gasteiger partial charge in [-0.2, -0.15) is 0 Å². The molecule has 0 aliphatic carbocycles. The van der Waals surface area contributed by atoms with Crippen LogP contribution in [0.3, 0.4) is 0 Å². The van der Waals surface area contributed by atoms with Gasteiger partial charge in [0.25, 0.3) is 0 Å². The maximum absolute atomic E-state index is 2.42. The second-order valence-electron chi connectivity index (χ2n) is 4.63. The standard InChI is InChI=1S/C12H29NSi/c1-4-5-6-7-8-9-10-11-12-14-13(2)3/h4-12,14H2,1-3H3. The van der Waals surface area contributed by atoms with Crippen molar-refractivity contribution in [2.24, 2.45) is 0 Å². The van der Waals surface area contributed by atoms with Gasteiger partial charge in [0.1, 0.15) is 0 Å². The summed E-state index contributed by atoms with van der Waals surface area (Å²) in [6.07, 6.45) is 11.7. The van der Waals surface area contributed by atoms with Crippen LogP contribution >= 0.6 is 0 Å². The van der Waals surface area contributed by atoms with E-state index in [0.717, 1.165) is 0 Å². The van der Waals surface area contributed by atoms with Gasteiger partial charge in [0.2, 0.25) is 0 Å². The van der Waals surface area contributed by atoms with Crippen molar-refractivity contribution in [3.63, 3.8) is 0 Å². The van der Waals surface area contributed by atoms with Crippen LogP contribution < -0.4 is 0 Å². The van der Waals surface area contributed by atoms with Gasteiger partial charge < -0.3 is 4.57 Å².